The number of furan rings is 1. The molecule has 3 aromatic rings. The molecular formula is C20H20ClN5O2. The van der Waals surface area contributed by atoms with Crippen LogP contribution in [0.3, 0.4) is 0 Å². The van der Waals surface area contributed by atoms with Gasteiger partial charge in [-0.15, -0.1) is 0 Å². The quantitative estimate of drug-likeness (QED) is 0.722. The summed E-state index contributed by atoms with van der Waals surface area (Å²) in [4.78, 5) is 25.3. The largest absolute Gasteiger partial charge is 0.459 e. The highest BCUT2D eigenvalue weighted by Gasteiger charge is 2.24. The van der Waals surface area contributed by atoms with Crippen LogP contribution in [0.15, 0.2) is 53.3 Å². The van der Waals surface area contributed by atoms with Gasteiger partial charge in [0.25, 0.3) is 5.91 Å². The SMILES string of the molecule is Cc1ccc(Cl)cc1Nc1ccnc(N2CCN(C(=O)c3ccco3)CC2)n1. The number of anilines is 3. The van der Waals surface area contributed by atoms with E-state index in [0.29, 0.717) is 48.7 Å². The van der Waals surface area contributed by atoms with Gasteiger partial charge in [-0.2, -0.15) is 4.98 Å². The fraction of sp³-hybridized carbons (Fsp3) is 0.250. The van der Waals surface area contributed by atoms with Crippen molar-refractivity contribution in [2.45, 2.75) is 6.92 Å². The number of hydrogen-bond donors (Lipinski definition) is 1. The monoisotopic (exact) mass is 397 g/mol. The van der Waals surface area contributed by atoms with Gasteiger partial charge >= 0.3 is 0 Å². The molecule has 1 N–H and O–H groups in total. The summed E-state index contributed by atoms with van der Waals surface area (Å²) in [6.07, 6.45) is 3.24. The lowest BCUT2D eigenvalue weighted by atomic mass is 10.2. The Morgan fingerprint density at radius 1 is 1.18 bits per heavy atom. The minimum absolute atomic E-state index is 0.0857. The van der Waals surface area contributed by atoms with Gasteiger partial charge in [0.1, 0.15) is 5.82 Å². The number of aryl methyl sites for hydroxylation is 1. The van der Waals surface area contributed by atoms with Crippen LogP contribution in [0.5, 0.6) is 0 Å². The molecule has 7 nitrogen and oxygen atoms in total. The number of halogens is 1. The van der Waals surface area contributed by atoms with Gasteiger partial charge in [-0.25, -0.2) is 4.98 Å². The van der Waals surface area contributed by atoms with Crippen molar-refractivity contribution in [3.05, 3.63) is 65.2 Å². The van der Waals surface area contributed by atoms with Crippen molar-refractivity contribution in [3.63, 3.8) is 0 Å². The highest BCUT2D eigenvalue weighted by molar-refractivity contribution is 6.30. The van der Waals surface area contributed by atoms with E-state index in [1.807, 2.05) is 31.2 Å². The summed E-state index contributed by atoms with van der Waals surface area (Å²) in [5.41, 5.74) is 1.99. The van der Waals surface area contributed by atoms with E-state index >= 15 is 0 Å². The molecule has 144 valence electrons. The molecule has 1 amide bonds. The number of nitrogens with one attached hydrogen (secondary N) is 1. The molecule has 3 heterocycles. The molecule has 0 saturated carbocycles. The van der Waals surface area contributed by atoms with Crippen molar-refractivity contribution in [2.75, 3.05) is 36.4 Å². The van der Waals surface area contributed by atoms with E-state index < -0.39 is 0 Å². The lowest BCUT2D eigenvalue weighted by molar-refractivity contribution is 0.0714. The summed E-state index contributed by atoms with van der Waals surface area (Å²) in [7, 11) is 0. The van der Waals surface area contributed by atoms with Crippen LogP contribution < -0.4 is 10.2 Å². The Morgan fingerprint density at radius 3 is 2.75 bits per heavy atom. The highest BCUT2D eigenvalue weighted by Crippen LogP contribution is 2.24. The molecule has 4 rings (SSSR count). The number of hydrogen-bond acceptors (Lipinski definition) is 6. The molecule has 1 fully saturated rings. The van der Waals surface area contributed by atoms with E-state index in [1.165, 1.54) is 6.26 Å². The summed E-state index contributed by atoms with van der Waals surface area (Å²) >= 11 is 6.09. The number of amides is 1. The normalized spacial score (nSPS) is 14.2. The molecule has 1 aliphatic rings. The van der Waals surface area contributed by atoms with Gasteiger partial charge in [0, 0.05) is 43.1 Å². The van der Waals surface area contributed by atoms with E-state index in [9.17, 15) is 4.79 Å². The van der Waals surface area contributed by atoms with Crippen molar-refractivity contribution < 1.29 is 9.21 Å². The molecule has 0 radical (unpaired) electrons. The van der Waals surface area contributed by atoms with Crippen molar-refractivity contribution in [2.24, 2.45) is 0 Å². The highest BCUT2D eigenvalue weighted by atomic mass is 35.5. The summed E-state index contributed by atoms with van der Waals surface area (Å²) < 4.78 is 5.20. The van der Waals surface area contributed by atoms with Crippen LogP contribution in [-0.4, -0.2) is 47.0 Å². The predicted molar refractivity (Wildman–Crippen MR) is 108 cm³/mol. The van der Waals surface area contributed by atoms with Crippen LogP contribution in [0.1, 0.15) is 16.1 Å². The zero-order chi connectivity index (χ0) is 19.5. The molecule has 0 spiro atoms. The van der Waals surface area contributed by atoms with Gasteiger partial charge < -0.3 is 19.5 Å². The van der Waals surface area contributed by atoms with E-state index in [2.05, 4.69) is 20.2 Å². The maximum absolute atomic E-state index is 12.4. The van der Waals surface area contributed by atoms with Crippen molar-refractivity contribution in [1.29, 1.82) is 0 Å². The summed E-state index contributed by atoms with van der Waals surface area (Å²) in [6, 6.07) is 10.9. The van der Waals surface area contributed by atoms with E-state index in [4.69, 9.17) is 16.0 Å². The summed E-state index contributed by atoms with van der Waals surface area (Å²) in [6.45, 7) is 4.51. The zero-order valence-electron chi connectivity index (χ0n) is 15.4. The Kier molecular flexibility index (Phi) is 5.16. The topological polar surface area (TPSA) is 74.5 Å². The molecule has 1 aromatic carbocycles. The van der Waals surface area contributed by atoms with Crippen LogP contribution >= 0.6 is 11.6 Å². The van der Waals surface area contributed by atoms with Crippen LogP contribution in [0.4, 0.5) is 17.5 Å². The average molecular weight is 398 g/mol. The third-order valence-corrected chi connectivity index (χ3v) is 4.92. The minimum atomic E-state index is -0.0857. The third-order valence-electron chi connectivity index (χ3n) is 4.69. The number of carbonyl (C=O) groups excluding carboxylic acids is 1. The maximum atomic E-state index is 12.4. The number of rotatable bonds is 4. The molecule has 1 saturated heterocycles. The molecule has 2 aromatic heterocycles. The van der Waals surface area contributed by atoms with Gasteiger partial charge in [0.2, 0.25) is 5.95 Å². The van der Waals surface area contributed by atoms with Gasteiger partial charge in [0.05, 0.1) is 6.26 Å². The Balaban J connectivity index is 1.42. The first-order chi connectivity index (χ1) is 13.6. The molecule has 0 aliphatic carbocycles. The second kappa shape index (κ2) is 7.90. The Bertz CT molecular complexity index is 968. The van der Waals surface area contributed by atoms with E-state index in [1.54, 1.807) is 23.2 Å². The van der Waals surface area contributed by atoms with Crippen molar-refractivity contribution in [1.82, 2.24) is 14.9 Å². The molecule has 8 heteroatoms. The Hall–Kier alpha value is -3.06. The molecule has 28 heavy (non-hydrogen) atoms. The Morgan fingerprint density at radius 2 is 2.00 bits per heavy atom. The van der Waals surface area contributed by atoms with Crippen LogP contribution in [-0.2, 0) is 0 Å². The molecule has 0 unspecified atom stereocenters. The number of aromatic nitrogens is 2. The van der Waals surface area contributed by atoms with Crippen LogP contribution in [0.2, 0.25) is 5.02 Å². The number of carbonyl (C=O) groups is 1. The first-order valence-electron chi connectivity index (χ1n) is 9.04. The summed E-state index contributed by atoms with van der Waals surface area (Å²) in [5.74, 6) is 1.62. The lowest BCUT2D eigenvalue weighted by Gasteiger charge is -2.34. The maximum Gasteiger partial charge on any atom is 0.289 e. The number of benzene rings is 1. The minimum Gasteiger partial charge on any atom is -0.459 e. The first kappa shape index (κ1) is 18.3. The second-order valence-electron chi connectivity index (χ2n) is 6.58. The summed E-state index contributed by atoms with van der Waals surface area (Å²) in [5, 5.41) is 3.97. The first-order valence-corrected chi connectivity index (χ1v) is 9.42. The van der Waals surface area contributed by atoms with Crippen LogP contribution in [0, 0.1) is 6.92 Å². The predicted octanol–water partition coefficient (Wildman–Crippen LogP) is 3.74. The fourth-order valence-corrected chi connectivity index (χ4v) is 3.27. The average Bonchev–Trinajstić information content (AvgIpc) is 3.25. The molecule has 0 bridgehead atoms. The van der Waals surface area contributed by atoms with E-state index in [0.717, 1.165) is 11.3 Å². The standard InChI is InChI=1S/C20H20ClN5O2/c1-14-4-5-15(21)13-16(14)23-18-6-7-22-20(24-18)26-10-8-25(9-11-26)19(27)17-3-2-12-28-17/h2-7,12-13H,8-11H2,1H3,(H,22,23,24). The van der Waals surface area contributed by atoms with Crippen molar-refractivity contribution >= 4 is 35.0 Å². The van der Waals surface area contributed by atoms with Gasteiger partial charge in [-0.1, -0.05) is 17.7 Å². The molecule has 1 aliphatic heterocycles. The molecular weight excluding hydrogens is 378 g/mol. The van der Waals surface area contributed by atoms with Crippen molar-refractivity contribution in [3.8, 4) is 0 Å². The van der Waals surface area contributed by atoms with Gasteiger partial charge in [-0.3, -0.25) is 4.79 Å². The third kappa shape index (κ3) is 3.94. The van der Waals surface area contributed by atoms with Gasteiger partial charge in [0.15, 0.2) is 5.76 Å². The molecule has 0 atom stereocenters. The van der Waals surface area contributed by atoms with Crippen LogP contribution in [0.25, 0.3) is 0 Å². The fourth-order valence-electron chi connectivity index (χ4n) is 3.10. The van der Waals surface area contributed by atoms with Gasteiger partial charge in [-0.05, 0) is 42.8 Å². The van der Waals surface area contributed by atoms with E-state index in [-0.39, 0.29) is 5.91 Å². The number of piperazine rings is 1. The lowest BCUT2D eigenvalue weighted by Crippen LogP contribution is -2.49. The number of nitrogens with zero attached hydrogens (tertiary/aromatic N) is 4. The smallest absolute Gasteiger partial charge is 0.289 e. The second-order valence-corrected chi connectivity index (χ2v) is 7.02. The zero-order valence-corrected chi connectivity index (χ0v) is 16.2. The Labute approximate surface area is 167 Å².